The number of nitrogens with two attached hydrogens (primary N) is 1. The highest BCUT2D eigenvalue weighted by Gasteiger charge is 2.32. The van der Waals surface area contributed by atoms with Crippen molar-refractivity contribution in [2.24, 2.45) is 5.14 Å². The van der Waals surface area contributed by atoms with Gasteiger partial charge in [0.15, 0.2) is 0 Å². The first-order valence-electron chi connectivity index (χ1n) is 3.99. The zero-order valence-electron chi connectivity index (χ0n) is 8.08. The summed E-state index contributed by atoms with van der Waals surface area (Å²) in [5, 5.41) is 4.77. The van der Waals surface area contributed by atoms with Gasteiger partial charge < -0.3 is 4.74 Å². The number of rotatable bonds is 2. The molecule has 4 nitrogen and oxygen atoms in total. The second-order valence-corrected chi connectivity index (χ2v) is 4.58. The minimum atomic E-state index is -4.87. The normalized spacial score (nSPS) is 12.6. The molecule has 0 spiro atoms. The summed E-state index contributed by atoms with van der Waals surface area (Å²) in [5.74, 6) is -0.584. The van der Waals surface area contributed by atoms with Crippen LogP contribution in [0, 0.1) is 6.92 Å². The summed E-state index contributed by atoms with van der Waals surface area (Å²) >= 11 is 0. The lowest BCUT2D eigenvalue weighted by atomic mass is 10.2. The van der Waals surface area contributed by atoms with Gasteiger partial charge in [0.25, 0.3) is 0 Å². The van der Waals surface area contributed by atoms with Crippen molar-refractivity contribution in [2.45, 2.75) is 18.2 Å². The van der Waals surface area contributed by atoms with E-state index >= 15 is 0 Å². The van der Waals surface area contributed by atoms with Crippen LogP contribution in [0.3, 0.4) is 0 Å². The van der Waals surface area contributed by atoms with Crippen molar-refractivity contribution in [1.82, 2.24) is 0 Å². The number of hydrogen-bond acceptors (Lipinski definition) is 3. The summed E-state index contributed by atoms with van der Waals surface area (Å²) in [5.41, 5.74) is 0.157. The molecule has 0 atom stereocenters. The largest absolute Gasteiger partial charge is 0.573 e. The Hall–Kier alpha value is -1.28. The number of primary sulfonamides is 1. The van der Waals surface area contributed by atoms with Crippen LogP contribution >= 0.6 is 0 Å². The minimum Gasteiger partial charge on any atom is -0.405 e. The molecule has 1 aromatic carbocycles. The lowest BCUT2D eigenvalue weighted by Gasteiger charge is -2.11. The highest BCUT2D eigenvalue weighted by molar-refractivity contribution is 7.89. The lowest BCUT2D eigenvalue weighted by molar-refractivity contribution is -0.274. The summed E-state index contributed by atoms with van der Waals surface area (Å²) in [6, 6.07) is 3.02. The third-order valence-electron chi connectivity index (χ3n) is 1.71. The number of benzene rings is 1. The Morgan fingerprint density at radius 1 is 1.31 bits per heavy atom. The Morgan fingerprint density at radius 3 is 2.31 bits per heavy atom. The Labute approximate surface area is 89.9 Å². The summed E-state index contributed by atoms with van der Waals surface area (Å²) in [4.78, 5) is -0.433. The van der Waals surface area contributed by atoms with Gasteiger partial charge in [-0.1, -0.05) is 6.07 Å². The molecule has 0 aliphatic rings. The van der Waals surface area contributed by atoms with E-state index in [1.54, 1.807) is 0 Å². The van der Waals surface area contributed by atoms with Gasteiger partial charge in [-0.3, -0.25) is 0 Å². The second kappa shape index (κ2) is 3.95. The standard InChI is InChI=1S/C8H8F3NO3S/c1-5-2-3-6(16(12,13)14)4-7(5)15-8(9,10)11/h2-4H,1H3,(H2,12,13,14). The maximum Gasteiger partial charge on any atom is 0.573 e. The molecule has 0 aromatic heterocycles. The number of hydrogen-bond donors (Lipinski definition) is 1. The van der Waals surface area contributed by atoms with Gasteiger partial charge in [-0.2, -0.15) is 0 Å². The van der Waals surface area contributed by atoms with Gasteiger partial charge >= 0.3 is 6.36 Å². The fourth-order valence-electron chi connectivity index (χ4n) is 0.992. The molecule has 0 saturated heterocycles. The van der Waals surface area contributed by atoms with Crippen molar-refractivity contribution in [1.29, 1.82) is 0 Å². The van der Waals surface area contributed by atoms with E-state index in [0.717, 1.165) is 12.1 Å². The van der Waals surface area contributed by atoms with Crippen molar-refractivity contribution in [3.8, 4) is 5.75 Å². The van der Waals surface area contributed by atoms with E-state index in [0.29, 0.717) is 0 Å². The van der Waals surface area contributed by atoms with E-state index in [2.05, 4.69) is 4.74 Å². The van der Waals surface area contributed by atoms with Crippen molar-refractivity contribution in [3.63, 3.8) is 0 Å². The molecular weight excluding hydrogens is 247 g/mol. The predicted octanol–water partition coefficient (Wildman–Crippen LogP) is 1.54. The van der Waals surface area contributed by atoms with Crippen LogP contribution in [0.5, 0.6) is 5.75 Å². The summed E-state index contributed by atoms with van der Waals surface area (Å²) < 4.78 is 61.3. The molecule has 2 N–H and O–H groups in total. The molecule has 1 aromatic rings. The van der Waals surface area contributed by atoms with E-state index in [1.807, 2.05) is 0 Å². The van der Waals surface area contributed by atoms with Gasteiger partial charge in [0, 0.05) is 6.07 Å². The maximum absolute atomic E-state index is 11.9. The van der Waals surface area contributed by atoms with Gasteiger partial charge in [-0.05, 0) is 18.6 Å². The minimum absolute atomic E-state index is 0.157. The van der Waals surface area contributed by atoms with Crippen LogP contribution in [0.25, 0.3) is 0 Å². The monoisotopic (exact) mass is 255 g/mol. The van der Waals surface area contributed by atoms with E-state index in [1.165, 1.54) is 13.0 Å². The van der Waals surface area contributed by atoms with Gasteiger partial charge in [-0.25, -0.2) is 13.6 Å². The fourth-order valence-corrected chi connectivity index (χ4v) is 1.52. The van der Waals surface area contributed by atoms with Crippen LogP contribution in [-0.2, 0) is 10.0 Å². The molecule has 0 fully saturated rings. The molecule has 0 heterocycles. The van der Waals surface area contributed by atoms with E-state index in [4.69, 9.17) is 5.14 Å². The van der Waals surface area contributed by atoms with Crippen molar-refractivity contribution in [2.75, 3.05) is 0 Å². The van der Waals surface area contributed by atoms with Crippen LogP contribution < -0.4 is 9.88 Å². The summed E-state index contributed by atoms with van der Waals surface area (Å²) in [6.45, 7) is 1.36. The molecule has 0 aliphatic heterocycles. The zero-order valence-corrected chi connectivity index (χ0v) is 8.89. The summed E-state index contributed by atoms with van der Waals surface area (Å²) in [6.07, 6.45) is -4.87. The quantitative estimate of drug-likeness (QED) is 0.871. The van der Waals surface area contributed by atoms with E-state index in [9.17, 15) is 21.6 Å². The van der Waals surface area contributed by atoms with Crippen molar-refractivity contribution >= 4 is 10.0 Å². The van der Waals surface area contributed by atoms with Crippen LogP contribution in [0.15, 0.2) is 23.1 Å². The SMILES string of the molecule is Cc1ccc(S(N)(=O)=O)cc1OC(F)(F)F. The number of sulfonamides is 1. The average molecular weight is 255 g/mol. The van der Waals surface area contributed by atoms with Crippen LogP contribution in [0.1, 0.15) is 5.56 Å². The van der Waals surface area contributed by atoms with Crippen LogP contribution in [0.2, 0.25) is 0 Å². The van der Waals surface area contributed by atoms with Crippen molar-refractivity contribution in [3.05, 3.63) is 23.8 Å². The van der Waals surface area contributed by atoms with Gasteiger partial charge in [0.1, 0.15) is 5.75 Å². The smallest absolute Gasteiger partial charge is 0.405 e. The molecule has 90 valence electrons. The van der Waals surface area contributed by atoms with Gasteiger partial charge in [-0.15, -0.1) is 13.2 Å². The molecule has 0 radical (unpaired) electrons. The van der Waals surface area contributed by atoms with E-state index in [-0.39, 0.29) is 5.56 Å². The molecule has 0 unspecified atom stereocenters. The number of alkyl halides is 3. The molecule has 0 amide bonds. The highest BCUT2D eigenvalue weighted by Crippen LogP contribution is 2.27. The fraction of sp³-hybridized carbons (Fsp3) is 0.250. The second-order valence-electron chi connectivity index (χ2n) is 3.02. The molecule has 16 heavy (non-hydrogen) atoms. The molecular formula is C8H8F3NO3S. The Balaban J connectivity index is 3.20. The van der Waals surface area contributed by atoms with Crippen molar-refractivity contribution < 1.29 is 26.3 Å². The summed E-state index contributed by atoms with van der Waals surface area (Å²) in [7, 11) is -4.05. The molecule has 8 heteroatoms. The number of halogens is 3. The first-order valence-corrected chi connectivity index (χ1v) is 5.53. The maximum atomic E-state index is 11.9. The van der Waals surface area contributed by atoms with Crippen LogP contribution in [-0.4, -0.2) is 14.8 Å². The van der Waals surface area contributed by atoms with Crippen LogP contribution in [0.4, 0.5) is 13.2 Å². The predicted molar refractivity (Wildman–Crippen MR) is 49.2 cm³/mol. The number of ether oxygens (including phenoxy) is 1. The van der Waals surface area contributed by atoms with E-state index < -0.39 is 27.0 Å². The molecule has 0 aliphatic carbocycles. The lowest BCUT2D eigenvalue weighted by Crippen LogP contribution is -2.19. The zero-order chi connectivity index (χ0) is 12.6. The molecule has 1 rings (SSSR count). The average Bonchev–Trinajstić information content (AvgIpc) is 2.04. The molecule has 0 saturated carbocycles. The highest BCUT2D eigenvalue weighted by atomic mass is 32.2. The Bertz CT molecular complexity index is 496. The van der Waals surface area contributed by atoms with Gasteiger partial charge in [0.2, 0.25) is 10.0 Å². The number of aryl methyl sites for hydroxylation is 1. The topological polar surface area (TPSA) is 69.4 Å². The third kappa shape index (κ3) is 3.38. The molecule has 0 bridgehead atoms. The Morgan fingerprint density at radius 2 is 1.88 bits per heavy atom. The first-order chi connectivity index (χ1) is 7.09. The third-order valence-corrected chi connectivity index (χ3v) is 2.62. The Kier molecular flexibility index (Phi) is 3.15. The first kappa shape index (κ1) is 12.8. The van der Waals surface area contributed by atoms with Gasteiger partial charge in [0.05, 0.1) is 4.90 Å².